The molecule has 0 bridgehead atoms. The van der Waals surface area contributed by atoms with Crippen LogP contribution in [-0.4, -0.2) is 42.1 Å². The van der Waals surface area contributed by atoms with E-state index in [0.29, 0.717) is 12.3 Å². The molecule has 2 aliphatic heterocycles. The number of alkyl halides is 3. The molecule has 21 heavy (non-hydrogen) atoms. The van der Waals surface area contributed by atoms with Crippen LogP contribution in [0.2, 0.25) is 0 Å². The van der Waals surface area contributed by atoms with Crippen molar-refractivity contribution in [2.45, 2.75) is 38.1 Å². The van der Waals surface area contributed by atoms with E-state index in [0.717, 1.165) is 0 Å². The SMILES string of the molecule is CC1C(C2C3CNCC32OC(=O)C(F)(F)F)=NOC1(C)C. The Balaban J connectivity index is 1.79. The monoisotopic (exact) mass is 306 g/mol. The molecule has 3 aliphatic rings. The summed E-state index contributed by atoms with van der Waals surface area (Å²) in [5.74, 6) is -2.62. The van der Waals surface area contributed by atoms with E-state index in [1.807, 2.05) is 20.8 Å². The molecule has 118 valence electrons. The van der Waals surface area contributed by atoms with Crippen molar-refractivity contribution < 1.29 is 27.5 Å². The predicted molar refractivity (Wildman–Crippen MR) is 66.5 cm³/mol. The summed E-state index contributed by atoms with van der Waals surface area (Å²) in [7, 11) is 0. The van der Waals surface area contributed by atoms with Crippen LogP contribution in [0, 0.1) is 17.8 Å². The van der Waals surface area contributed by atoms with E-state index in [4.69, 9.17) is 9.57 Å². The van der Waals surface area contributed by atoms with Gasteiger partial charge in [0.1, 0.15) is 11.2 Å². The van der Waals surface area contributed by atoms with Crippen LogP contribution >= 0.6 is 0 Å². The molecule has 1 saturated carbocycles. The number of rotatable bonds is 2. The number of hydrogen-bond acceptors (Lipinski definition) is 5. The predicted octanol–water partition coefficient (Wildman–Crippen LogP) is 1.48. The molecule has 5 nitrogen and oxygen atoms in total. The molecule has 0 spiro atoms. The second-order valence-electron chi connectivity index (χ2n) is 6.49. The Bertz CT molecular complexity index is 517. The van der Waals surface area contributed by atoms with Crippen LogP contribution in [0.4, 0.5) is 13.2 Å². The highest BCUT2D eigenvalue weighted by atomic mass is 19.4. The van der Waals surface area contributed by atoms with Crippen LogP contribution in [0.5, 0.6) is 0 Å². The molecule has 0 aromatic rings. The molecule has 0 aromatic carbocycles. The van der Waals surface area contributed by atoms with Crippen LogP contribution in [0.3, 0.4) is 0 Å². The average Bonchev–Trinajstić information content (AvgIpc) is 2.65. The normalized spacial score (nSPS) is 40.3. The number of carbonyl (C=O) groups is 1. The largest absolute Gasteiger partial charge is 0.490 e. The van der Waals surface area contributed by atoms with Crippen LogP contribution in [0.25, 0.3) is 0 Å². The van der Waals surface area contributed by atoms with Gasteiger partial charge in [0.25, 0.3) is 0 Å². The molecule has 8 heteroatoms. The standard InChI is InChI=1S/C13H17F3N2O3/c1-6-9(18-21-11(6,2)3)8-7-4-17-5-12(7,8)20-10(19)13(14,15)16/h6-8,17H,4-5H2,1-3H3. The van der Waals surface area contributed by atoms with Crippen molar-refractivity contribution in [3.63, 3.8) is 0 Å². The molecule has 0 radical (unpaired) electrons. The zero-order valence-corrected chi connectivity index (χ0v) is 12.0. The van der Waals surface area contributed by atoms with Gasteiger partial charge in [0.05, 0.1) is 11.6 Å². The van der Waals surface area contributed by atoms with Gasteiger partial charge in [-0.1, -0.05) is 12.1 Å². The van der Waals surface area contributed by atoms with Gasteiger partial charge < -0.3 is 14.9 Å². The van der Waals surface area contributed by atoms with E-state index < -0.39 is 23.3 Å². The van der Waals surface area contributed by atoms with E-state index >= 15 is 0 Å². The van der Waals surface area contributed by atoms with Crippen molar-refractivity contribution >= 4 is 11.7 Å². The Hall–Kier alpha value is -1.31. The number of ether oxygens (including phenoxy) is 1. The number of nitrogens with zero attached hydrogens (tertiary/aromatic N) is 1. The van der Waals surface area contributed by atoms with Crippen LogP contribution in [-0.2, 0) is 14.4 Å². The van der Waals surface area contributed by atoms with Crippen molar-refractivity contribution in [1.29, 1.82) is 0 Å². The lowest BCUT2D eigenvalue weighted by Crippen LogP contribution is -2.39. The third-order valence-electron chi connectivity index (χ3n) is 4.92. The minimum atomic E-state index is -4.98. The Morgan fingerprint density at radius 1 is 1.48 bits per heavy atom. The number of nitrogens with one attached hydrogen (secondary N) is 1. The van der Waals surface area contributed by atoms with Gasteiger partial charge >= 0.3 is 12.1 Å². The molecule has 1 N–H and O–H groups in total. The first-order chi connectivity index (χ1) is 9.59. The zero-order valence-electron chi connectivity index (χ0n) is 12.0. The van der Waals surface area contributed by atoms with Gasteiger partial charge in [0.15, 0.2) is 0 Å². The molecule has 4 unspecified atom stereocenters. The quantitative estimate of drug-likeness (QED) is 0.785. The van der Waals surface area contributed by atoms with Gasteiger partial charge in [0.2, 0.25) is 0 Å². The first-order valence-electron chi connectivity index (χ1n) is 6.86. The van der Waals surface area contributed by atoms with Crippen LogP contribution in [0.1, 0.15) is 20.8 Å². The lowest BCUT2D eigenvalue weighted by molar-refractivity contribution is -0.207. The lowest BCUT2D eigenvalue weighted by Gasteiger charge is -2.23. The topological polar surface area (TPSA) is 59.9 Å². The lowest BCUT2D eigenvalue weighted by atomic mass is 9.86. The van der Waals surface area contributed by atoms with E-state index in [9.17, 15) is 18.0 Å². The maximum atomic E-state index is 12.4. The zero-order chi connectivity index (χ0) is 15.6. The molecule has 2 heterocycles. The number of piperidine rings is 1. The molecule has 0 amide bonds. The smallest absolute Gasteiger partial charge is 0.450 e. The Morgan fingerprint density at radius 2 is 2.14 bits per heavy atom. The summed E-state index contributed by atoms with van der Waals surface area (Å²) in [6.07, 6.45) is -4.98. The Labute approximate surface area is 119 Å². The molecular weight excluding hydrogens is 289 g/mol. The summed E-state index contributed by atoms with van der Waals surface area (Å²) < 4.78 is 42.2. The van der Waals surface area contributed by atoms with Crippen molar-refractivity contribution in [2.75, 3.05) is 13.1 Å². The van der Waals surface area contributed by atoms with Gasteiger partial charge in [-0.05, 0) is 13.8 Å². The van der Waals surface area contributed by atoms with E-state index in [-0.39, 0.29) is 24.3 Å². The number of oxime groups is 1. The van der Waals surface area contributed by atoms with E-state index in [1.54, 1.807) is 0 Å². The highest BCUT2D eigenvalue weighted by Crippen LogP contribution is 2.59. The van der Waals surface area contributed by atoms with Gasteiger partial charge in [-0.2, -0.15) is 13.2 Å². The maximum absolute atomic E-state index is 12.4. The second kappa shape index (κ2) is 4.12. The van der Waals surface area contributed by atoms with Crippen molar-refractivity contribution in [3.05, 3.63) is 0 Å². The second-order valence-corrected chi connectivity index (χ2v) is 6.49. The van der Waals surface area contributed by atoms with Gasteiger partial charge in [-0.15, -0.1) is 0 Å². The van der Waals surface area contributed by atoms with E-state index in [2.05, 4.69) is 10.5 Å². The molecular formula is C13H17F3N2O3. The van der Waals surface area contributed by atoms with Crippen molar-refractivity contribution in [3.8, 4) is 0 Å². The summed E-state index contributed by atoms with van der Waals surface area (Å²) in [5.41, 5.74) is -0.917. The molecule has 1 saturated heterocycles. The molecule has 0 aromatic heterocycles. The minimum Gasteiger partial charge on any atom is -0.450 e. The summed E-state index contributed by atoms with van der Waals surface area (Å²) in [6.45, 7) is 6.41. The highest BCUT2D eigenvalue weighted by molar-refractivity contribution is 5.95. The number of hydrogen-bond donors (Lipinski definition) is 1. The van der Waals surface area contributed by atoms with Gasteiger partial charge in [-0.25, -0.2) is 4.79 Å². The number of carbonyl (C=O) groups excluding carboxylic acids is 1. The minimum absolute atomic E-state index is 0.0328. The fourth-order valence-electron chi connectivity index (χ4n) is 3.32. The summed E-state index contributed by atoms with van der Waals surface area (Å²) in [4.78, 5) is 16.5. The van der Waals surface area contributed by atoms with Crippen molar-refractivity contribution in [2.24, 2.45) is 22.9 Å². The van der Waals surface area contributed by atoms with Gasteiger partial charge in [-0.3, -0.25) is 0 Å². The van der Waals surface area contributed by atoms with Gasteiger partial charge in [0, 0.05) is 24.9 Å². The highest BCUT2D eigenvalue weighted by Gasteiger charge is 2.74. The van der Waals surface area contributed by atoms with E-state index in [1.165, 1.54) is 0 Å². The average molecular weight is 306 g/mol. The maximum Gasteiger partial charge on any atom is 0.490 e. The summed E-state index contributed by atoms with van der Waals surface area (Å²) in [6, 6.07) is 0. The Kier molecular flexibility index (Phi) is 2.87. The number of fused-ring (bicyclic) bond motifs is 1. The fraction of sp³-hybridized carbons (Fsp3) is 0.846. The molecule has 1 aliphatic carbocycles. The molecule has 2 fully saturated rings. The van der Waals surface area contributed by atoms with Crippen molar-refractivity contribution in [1.82, 2.24) is 5.32 Å². The summed E-state index contributed by atoms with van der Waals surface area (Å²) in [5, 5.41) is 7.01. The third-order valence-corrected chi connectivity index (χ3v) is 4.92. The number of halogens is 3. The third kappa shape index (κ3) is 2.03. The first kappa shape index (κ1) is 14.6. The van der Waals surface area contributed by atoms with Crippen LogP contribution in [0.15, 0.2) is 5.16 Å². The number of esters is 1. The molecule has 4 atom stereocenters. The molecule has 3 rings (SSSR count). The first-order valence-corrected chi connectivity index (χ1v) is 6.86. The van der Waals surface area contributed by atoms with Crippen LogP contribution < -0.4 is 5.32 Å². The summed E-state index contributed by atoms with van der Waals surface area (Å²) >= 11 is 0. The fourth-order valence-corrected chi connectivity index (χ4v) is 3.32. The Morgan fingerprint density at radius 3 is 2.67 bits per heavy atom.